The molecule has 0 saturated carbocycles. The number of piperidine rings is 1. The molecule has 1 aromatic carbocycles. The summed E-state index contributed by atoms with van der Waals surface area (Å²) in [4.78, 5) is 26.2. The van der Waals surface area contributed by atoms with Crippen LogP contribution in [0.1, 0.15) is 38.2 Å². The molecule has 1 atom stereocenters. The molecular formula is C19H24N4O2. The number of aromatic amines is 1. The van der Waals surface area contributed by atoms with Gasteiger partial charge in [-0.25, -0.2) is 5.10 Å². The Morgan fingerprint density at radius 3 is 2.96 bits per heavy atom. The lowest BCUT2D eigenvalue weighted by Gasteiger charge is -2.33. The summed E-state index contributed by atoms with van der Waals surface area (Å²) < 4.78 is 0. The zero-order valence-electron chi connectivity index (χ0n) is 14.7. The number of hydrogen-bond donors (Lipinski definition) is 2. The molecule has 6 heteroatoms. The van der Waals surface area contributed by atoms with Crippen molar-refractivity contribution >= 4 is 17.3 Å². The average molecular weight is 340 g/mol. The summed E-state index contributed by atoms with van der Waals surface area (Å²) in [6, 6.07) is 9.52. The van der Waals surface area contributed by atoms with Crippen molar-refractivity contribution in [2.45, 2.75) is 32.6 Å². The van der Waals surface area contributed by atoms with Crippen molar-refractivity contribution < 1.29 is 4.79 Å². The molecule has 25 heavy (non-hydrogen) atoms. The largest absolute Gasteiger partial charge is 0.369 e. The Morgan fingerprint density at radius 2 is 2.20 bits per heavy atom. The molecule has 2 aromatic rings. The number of rotatable bonds is 4. The Balaban J connectivity index is 1.68. The van der Waals surface area contributed by atoms with Crippen molar-refractivity contribution in [1.82, 2.24) is 10.2 Å². The van der Waals surface area contributed by atoms with Gasteiger partial charge in [-0.05, 0) is 36.5 Å². The Labute approximate surface area is 147 Å². The fourth-order valence-corrected chi connectivity index (χ4v) is 3.18. The maximum absolute atomic E-state index is 12.7. The van der Waals surface area contributed by atoms with Crippen LogP contribution in [-0.2, 0) is 4.79 Å². The molecule has 0 radical (unpaired) electrons. The van der Waals surface area contributed by atoms with Crippen molar-refractivity contribution in [3.63, 3.8) is 0 Å². The van der Waals surface area contributed by atoms with Gasteiger partial charge in [-0.15, -0.1) is 0 Å². The van der Waals surface area contributed by atoms with E-state index in [9.17, 15) is 9.59 Å². The van der Waals surface area contributed by atoms with Crippen LogP contribution in [0.5, 0.6) is 0 Å². The van der Waals surface area contributed by atoms with Crippen molar-refractivity contribution in [3.05, 3.63) is 52.4 Å². The van der Waals surface area contributed by atoms with Gasteiger partial charge in [0.1, 0.15) is 0 Å². The molecular weight excluding hydrogens is 316 g/mol. The van der Waals surface area contributed by atoms with Crippen LogP contribution in [0, 0.1) is 5.92 Å². The van der Waals surface area contributed by atoms with Crippen molar-refractivity contribution in [1.29, 1.82) is 0 Å². The molecule has 0 aliphatic carbocycles. The number of carbonyl (C=O) groups is 1. The number of amides is 1. The third kappa shape index (κ3) is 4.26. The molecule has 6 nitrogen and oxygen atoms in total. The highest BCUT2D eigenvalue weighted by Crippen LogP contribution is 2.24. The van der Waals surface area contributed by atoms with E-state index in [0.29, 0.717) is 12.5 Å². The van der Waals surface area contributed by atoms with Crippen molar-refractivity contribution in [2.24, 2.45) is 5.92 Å². The summed E-state index contributed by atoms with van der Waals surface area (Å²) in [7, 11) is 0. The molecule has 3 rings (SSSR count). The van der Waals surface area contributed by atoms with E-state index in [1.807, 2.05) is 18.2 Å². The van der Waals surface area contributed by atoms with Crippen LogP contribution in [0.2, 0.25) is 0 Å². The Hall–Kier alpha value is -2.63. The predicted molar refractivity (Wildman–Crippen MR) is 99.0 cm³/mol. The fraction of sp³-hybridized carbons (Fsp3) is 0.421. The first kappa shape index (κ1) is 17.2. The zero-order valence-corrected chi connectivity index (χ0v) is 14.7. The summed E-state index contributed by atoms with van der Waals surface area (Å²) in [6.07, 6.45) is 3.40. The predicted octanol–water partition coefficient (Wildman–Crippen LogP) is 2.75. The topological polar surface area (TPSA) is 78.1 Å². The van der Waals surface area contributed by atoms with E-state index in [4.69, 9.17) is 0 Å². The molecule has 1 aliphatic rings. The highest BCUT2D eigenvalue weighted by molar-refractivity contribution is 5.93. The van der Waals surface area contributed by atoms with Gasteiger partial charge >= 0.3 is 0 Å². The van der Waals surface area contributed by atoms with Crippen LogP contribution in [0.3, 0.4) is 0 Å². The molecule has 1 fully saturated rings. The minimum Gasteiger partial charge on any atom is -0.369 e. The second kappa shape index (κ2) is 7.51. The summed E-state index contributed by atoms with van der Waals surface area (Å²) in [5, 5.41) is 9.26. The maximum Gasteiger partial charge on any atom is 0.266 e. The first-order valence-corrected chi connectivity index (χ1v) is 8.73. The lowest BCUT2D eigenvalue weighted by atomic mass is 9.96. The number of anilines is 2. The smallest absolute Gasteiger partial charge is 0.266 e. The Bertz CT molecular complexity index is 800. The molecule has 1 amide bonds. The maximum atomic E-state index is 12.7. The second-order valence-electron chi connectivity index (χ2n) is 6.86. The molecule has 0 unspecified atom stereocenters. The number of nitrogens with zero attached hydrogens (tertiary/aromatic N) is 2. The molecule has 0 bridgehead atoms. The van der Waals surface area contributed by atoms with Gasteiger partial charge in [-0.1, -0.05) is 26.0 Å². The summed E-state index contributed by atoms with van der Waals surface area (Å²) in [5.74, 6) is 0.352. The second-order valence-corrected chi connectivity index (χ2v) is 6.86. The fourth-order valence-electron chi connectivity index (χ4n) is 3.18. The van der Waals surface area contributed by atoms with Gasteiger partial charge < -0.3 is 10.2 Å². The quantitative estimate of drug-likeness (QED) is 0.897. The number of aromatic nitrogens is 2. The van der Waals surface area contributed by atoms with Gasteiger partial charge in [0.15, 0.2) is 0 Å². The van der Waals surface area contributed by atoms with Gasteiger partial charge in [0.25, 0.3) is 5.56 Å². The summed E-state index contributed by atoms with van der Waals surface area (Å²) in [5.41, 5.74) is 2.58. The molecule has 2 N–H and O–H groups in total. The molecule has 132 valence electrons. The first-order chi connectivity index (χ1) is 12.0. The van der Waals surface area contributed by atoms with Crippen LogP contribution in [0.15, 0.2) is 41.3 Å². The van der Waals surface area contributed by atoms with Crippen LogP contribution in [0.25, 0.3) is 0 Å². The number of carbonyl (C=O) groups excluding carboxylic acids is 1. The van der Waals surface area contributed by atoms with Gasteiger partial charge in [0.2, 0.25) is 5.91 Å². The third-order valence-corrected chi connectivity index (χ3v) is 4.63. The van der Waals surface area contributed by atoms with E-state index in [-0.39, 0.29) is 17.4 Å². The first-order valence-electron chi connectivity index (χ1n) is 8.73. The number of H-pyrrole nitrogens is 1. The number of hydrogen-bond acceptors (Lipinski definition) is 4. The number of benzene rings is 1. The molecule has 1 aliphatic heterocycles. The standard InChI is InChI=1S/C19H24N4O2/c1-13(2)14-5-3-7-16(9-14)21-19(25)15-6-4-8-23(12-15)17-10-18(24)22-20-11-17/h3,5,7,9-11,13,15H,4,6,8,12H2,1-2H3,(H,21,25)(H,22,24)/t15-/m0/s1. The van der Waals surface area contributed by atoms with E-state index in [1.54, 1.807) is 6.20 Å². The lowest BCUT2D eigenvalue weighted by Crippen LogP contribution is -2.41. The van der Waals surface area contributed by atoms with Gasteiger partial charge in [0, 0.05) is 24.8 Å². The van der Waals surface area contributed by atoms with Gasteiger partial charge in [0.05, 0.1) is 17.8 Å². The Kier molecular flexibility index (Phi) is 5.16. The van der Waals surface area contributed by atoms with E-state index >= 15 is 0 Å². The van der Waals surface area contributed by atoms with E-state index < -0.39 is 0 Å². The average Bonchev–Trinajstić information content (AvgIpc) is 2.62. The highest BCUT2D eigenvalue weighted by atomic mass is 16.2. The molecule has 0 spiro atoms. The minimum atomic E-state index is -0.227. The molecule has 1 aromatic heterocycles. The molecule has 1 saturated heterocycles. The Morgan fingerprint density at radius 1 is 1.36 bits per heavy atom. The summed E-state index contributed by atoms with van der Waals surface area (Å²) >= 11 is 0. The van der Waals surface area contributed by atoms with Crippen LogP contribution >= 0.6 is 0 Å². The minimum absolute atomic E-state index is 0.0309. The monoisotopic (exact) mass is 340 g/mol. The van der Waals surface area contributed by atoms with Gasteiger partial charge in [-0.3, -0.25) is 9.59 Å². The van der Waals surface area contributed by atoms with Crippen molar-refractivity contribution in [3.8, 4) is 0 Å². The normalized spacial score (nSPS) is 17.6. The lowest BCUT2D eigenvalue weighted by molar-refractivity contribution is -0.120. The highest BCUT2D eigenvalue weighted by Gasteiger charge is 2.26. The SMILES string of the molecule is CC(C)c1cccc(NC(=O)[C@H]2CCCN(c3cn[nH]c(=O)c3)C2)c1. The summed E-state index contributed by atoms with van der Waals surface area (Å²) in [6.45, 7) is 5.70. The van der Waals surface area contributed by atoms with Crippen LogP contribution in [-0.4, -0.2) is 29.2 Å². The third-order valence-electron chi connectivity index (χ3n) is 4.63. The van der Waals surface area contributed by atoms with Crippen LogP contribution < -0.4 is 15.8 Å². The van der Waals surface area contributed by atoms with E-state index in [1.165, 1.54) is 11.6 Å². The zero-order chi connectivity index (χ0) is 17.8. The van der Waals surface area contributed by atoms with Crippen molar-refractivity contribution in [2.75, 3.05) is 23.3 Å². The molecule has 2 heterocycles. The number of nitrogens with one attached hydrogen (secondary N) is 2. The van der Waals surface area contributed by atoms with E-state index in [0.717, 1.165) is 30.8 Å². The van der Waals surface area contributed by atoms with Crippen LogP contribution in [0.4, 0.5) is 11.4 Å². The van der Waals surface area contributed by atoms with E-state index in [2.05, 4.69) is 40.3 Å². The van der Waals surface area contributed by atoms with Gasteiger partial charge in [-0.2, -0.15) is 5.10 Å².